The zero-order chi connectivity index (χ0) is 16.7. The summed E-state index contributed by atoms with van der Waals surface area (Å²) >= 11 is 11.9. The van der Waals surface area contributed by atoms with Crippen molar-refractivity contribution in [2.45, 2.75) is 13.0 Å². The van der Waals surface area contributed by atoms with Crippen molar-refractivity contribution in [1.82, 2.24) is 9.55 Å². The molecule has 1 unspecified atom stereocenters. The molecule has 0 bridgehead atoms. The lowest BCUT2D eigenvalue weighted by Gasteiger charge is -2.09. The van der Waals surface area contributed by atoms with Gasteiger partial charge in [-0.15, -0.1) is 0 Å². The van der Waals surface area contributed by atoms with E-state index in [4.69, 9.17) is 27.9 Å². The van der Waals surface area contributed by atoms with Crippen LogP contribution < -0.4 is 0 Å². The summed E-state index contributed by atoms with van der Waals surface area (Å²) in [6, 6.07) is 8.52. The molecular weight excluding hydrogens is 350 g/mol. The predicted molar refractivity (Wildman–Crippen MR) is 94.1 cm³/mol. The van der Waals surface area contributed by atoms with Crippen molar-refractivity contribution in [2.24, 2.45) is 5.92 Å². The minimum absolute atomic E-state index is 0.117. The highest BCUT2D eigenvalue weighted by atomic mass is 35.5. The lowest BCUT2D eigenvalue weighted by atomic mass is 10.1. The molecule has 1 fully saturated rings. The number of halogens is 3. The third-order valence-electron chi connectivity index (χ3n) is 4.40. The van der Waals surface area contributed by atoms with Crippen molar-refractivity contribution >= 4 is 34.2 Å². The summed E-state index contributed by atoms with van der Waals surface area (Å²) in [5.74, 6) is 0.0253. The van der Waals surface area contributed by atoms with Crippen LogP contribution in [0.4, 0.5) is 4.39 Å². The fourth-order valence-corrected chi connectivity index (χ4v) is 3.44. The van der Waals surface area contributed by atoms with Gasteiger partial charge in [-0.2, -0.15) is 0 Å². The Bertz CT molecular complexity index is 903. The molecule has 1 aromatic carbocycles. The second-order valence-corrected chi connectivity index (χ2v) is 6.85. The number of nitrogens with zero attached hydrogens (tertiary/aromatic N) is 2. The zero-order valence-corrected chi connectivity index (χ0v) is 14.3. The summed E-state index contributed by atoms with van der Waals surface area (Å²) in [5, 5.41) is 1.50. The van der Waals surface area contributed by atoms with Gasteiger partial charge in [-0.1, -0.05) is 29.3 Å². The van der Waals surface area contributed by atoms with Crippen LogP contribution in [0.1, 0.15) is 6.42 Å². The second kappa shape index (κ2) is 6.36. The van der Waals surface area contributed by atoms with Crippen molar-refractivity contribution in [3.63, 3.8) is 0 Å². The second-order valence-electron chi connectivity index (χ2n) is 6.06. The number of benzene rings is 1. The molecule has 6 heteroatoms. The lowest BCUT2D eigenvalue weighted by Crippen LogP contribution is -2.10. The van der Waals surface area contributed by atoms with Gasteiger partial charge in [0.2, 0.25) is 0 Å². The summed E-state index contributed by atoms with van der Waals surface area (Å²) in [4.78, 5) is 4.47. The van der Waals surface area contributed by atoms with Crippen LogP contribution in [0.5, 0.6) is 0 Å². The molecule has 1 saturated heterocycles. The summed E-state index contributed by atoms with van der Waals surface area (Å²) in [5.41, 5.74) is 2.50. The van der Waals surface area contributed by atoms with E-state index in [0.717, 1.165) is 48.3 Å². The molecule has 0 aliphatic carbocycles. The van der Waals surface area contributed by atoms with E-state index in [9.17, 15) is 4.39 Å². The van der Waals surface area contributed by atoms with E-state index >= 15 is 0 Å². The van der Waals surface area contributed by atoms with Crippen molar-refractivity contribution in [2.75, 3.05) is 13.2 Å². The molecule has 3 nitrogen and oxygen atoms in total. The van der Waals surface area contributed by atoms with E-state index in [0.29, 0.717) is 11.1 Å². The molecule has 0 spiro atoms. The molecule has 1 atom stereocenters. The van der Waals surface area contributed by atoms with Crippen LogP contribution in [0.25, 0.3) is 22.2 Å². The number of aromatic nitrogens is 2. The molecule has 0 amide bonds. The van der Waals surface area contributed by atoms with Gasteiger partial charge < -0.3 is 9.30 Å². The number of hydrogen-bond donors (Lipinski definition) is 0. The Morgan fingerprint density at radius 3 is 2.88 bits per heavy atom. The van der Waals surface area contributed by atoms with E-state index in [-0.39, 0.29) is 5.02 Å². The molecule has 2 aromatic heterocycles. The summed E-state index contributed by atoms with van der Waals surface area (Å²) in [6.45, 7) is 2.36. The molecule has 1 aliphatic rings. The van der Waals surface area contributed by atoms with Gasteiger partial charge in [-0.25, -0.2) is 9.37 Å². The molecule has 1 aliphatic heterocycles. The Kier molecular flexibility index (Phi) is 4.21. The number of pyridine rings is 1. The minimum atomic E-state index is -0.429. The maximum absolute atomic E-state index is 13.9. The van der Waals surface area contributed by atoms with Crippen LogP contribution in [0.15, 0.2) is 36.5 Å². The van der Waals surface area contributed by atoms with Crippen LogP contribution >= 0.6 is 23.2 Å². The molecule has 0 radical (unpaired) electrons. The van der Waals surface area contributed by atoms with Crippen molar-refractivity contribution in [1.29, 1.82) is 0 Å². The summed E-state index contributed by atoms with van der Waals surface area (Å²) in [6.07, 6.45) is 3.04. The summed E-state index contributed by atoms with van der Waals surface area (Å²) < 4.78 is 21.4. The molecule has 3 aromatic rings. The van der Waals surface area contributed by atoms with Gasteiger partial charge in [0, 0.05) is 36.2 Å². The van der Waals surface area contributed by atoms with E-state index in [2.05, 4.69) is 9.55 Å². The lowest BCUT2D eigenvalue weighted by molar-refractivity contribution is 0.182. The van der Waals surface area contributed by atoms with Gasteiger partial charge in [0.1, 0.15) is 16.6 Å². The number of rotatable bonds is 3. The Hall–Kier alpha value is -1.62. The van der Waals surface area contributed by atoms with E-state index in [1.165, 1.54) is 6.07 Å². The smallest absolute Gasteiger partial charge is 0.142 e. The molecule has 124 valence electrons. The van der Waals surface area contributed by atoms with Crippen LogP contribution in [0.2, 0.25) is 10.2 Å². The fourth-order valence-electron chi connectivity index (χ4n) is 3.18. The fraction of sp³-hybridized carbons (Fsp3) is 0.278. The van der Waals surface area contributed by atoms with Gasteiger partial charge in [0.15, 0.2) is 0 Å². The van der Waals surface area contributed by atoms with Crippen LogP contribution in [0.3, 0.4) is 0 Å². The number of hydrogen-bond acceptors (Lipinski definition) is 2. The topological polar surface area (TPSA) is 27.1 Å². The Morgan fingerprint density at radius 1 is 1.25 bits per heavy atom. The minimum Gasteiger partial charge on any atom is -0.381 e. The SMILES string of the molecule is Fc1cc(-c2cn(CC3CCOC3)c3nc(Cl)ccc23)ccc1Cl. The van der Waals surface area contributed by atoms with Crippen molar-refractivity contribution in [3.05, 3.63) is 52.5 Å². The maximum atomic E-state index is 13.9. The quantitative estimate of drug-likeness (QED) is 0.598. The van der Waals surface area contributed by atoms with Gasteiger partial charge in [0.25, 0.3) is 0 Å². The number of ether oxygens (including phenoxy) is 1. The highest BCUT2D eigenvalue weighted by Gasteiger charge is 2.19. The van der Waals surface area contributed by atoms with Crippen LogP contribution in [-0.2, 0) is 11.3 Å². The first-order valence-electron chi connectivity index (χ1n) is 7.80. The molecule has 0 saturated carbocycles. The van der Waals surface area contributed by atoms with Gasteiger partial charge in [-0.3, -0.25) is 0 Å². The molecular formula is C18H15Cl2FN2O. The Morgan fingerprint density at radius 2 is 2.12 bits per heavy atom. The largest absolute Gasteiger partial charge is 0.381 e. The average Bonchev–Trinajstić information content (AvgIpc) is 3.19. The Balaban J connectivity index is 1.84. The number of fused-ring (bicyclic) bond motifs is 1. The molecule has 0 N–H and O–H groups in total. The molecule has 24 heavy (non-hydrogen) atoms. The Labute approximate surface area is 149 Å². The van der Waals surface area contributed by atoms with Crippen molar-refractivity contribution < 1.29 is 9.13 Å². The third-order valence-corrected chi connectivity index (χ3v) is 4.91. The average molecular weight is 365 g/mol. The van der Waals surface area contributed by atoms with Gasteiger partial charge in [0.05, 0.1) is 11.6 Å². The highest BCUT2D eigenvalue weighted by molar-refractivity contribution is 6.31. The van der Waals surface area contributed by atoms with E-state index < -0.39 is 5.82 Å². The molecule has 4 rings (SSSR count). The van der Waals surface area contributed by atoms with Crippen LogP contribution in [0, 0.1) is 11.7 Å². The van der Waals surface area contributed by atoms with E-state index in [1.54, 1.807) is 12.1 Å². The molecule has 3 heterocycles. The third kappa shape index (κ3) is 2.90. The first-order chi connectivity index (χ1) is 11.6. The standard InChI is InChI=1S/C18H15Cl2FN2O/c19-15-3-1-12(7-16(15)21)14-9-23(8-11-5-6-24-10-11)18-13(14)2-4-17(20)22-18/h1-4,7,9,11H,5-6,8,10H2. The normalized spacial score (nSPS) is 17.7. The van der Waals surface area contributed by atoms with Crippen molar-refractivity contribution in [3.8, 4) is 11.1 Å². The van der Waals surface area contributed by atoms with Gasteiger partial charge >= 0.3 is 0 Å². The monoisotopic (exact) mass is 364 g/mol. The summed E-state index contributed by atoms with van der Waals surface area (Å²) in [7, 11) is 0. The zero-order valence-electron chi connectivity index (χ0n) is 12.8. The first-order valence-corrected chi connectivity index (χ1v) is 8.56. The first kappa shape index (κ1) is 15.9. The van der Waals surface area contributed by atoms with E-state index in [1.807, 2.05) is 18.3 Å². The predicted octanol–water partition coefficient (Wildman–Crippen LogP) is 5.19. The highest BCUT2D eigenvalue weighted by Crippen LogP contribution is 2.33. The maximum Gasteiger partial charge on any atom is 0.142 e. The van der Waals surface area contributed by atoms with Gasteiger partial charge in [-0.05, 0) is 36.2 Å². The van der Waals surface area contributed by atoms with Crippen LogP contribution in [-0.4, -0.2) is 22.8 Å².